The Morgan fingerprint density at radius 3 is 2.19 bits per heavy atom. The van der Waals surface area contributed by atoms with Crippen LogP contribution in [0.25, 0.3) is 11.1 Å². The van der Waals surface area contributed by atoms with Crippen molar-refractivity contribution in [3.63, 3.8) is 0 Å². The van der Waals surface area contributed by atoms with Gasteiger partial charge in [0.25, 0.3) is 10.1 Å². The molecule has 1 unspecified atom stereocenters. The lowest BCUT2D eigenvalue weighted by Crippen LogP contribution is -2.12. The van der Waals surface area contributed by atoms with Crippen molar-refractivity contribution < 1.29 is 13.0 Å². The Morgan fingerprint density at radius 2 is 1.56 bits per heavy atom. The second kappa shape index (κ2) is 7.94. The summed E-state index contributed by atoms with van der Waals surface area (Å²) in [5, 5.41) is 0. The number of nitrogens with two attached hydrogens (primary N) is 1. The van der Waals surface area contributed by atoms with Crippen LogP contribution in [0.2, 0.25) is 0 Å². The van der Waals surface area contributed by atoms with Crippen molar-refractivity contribution in [3.8, 4) is 11.1 Å². The molecule has 27 heavy (non-hydrogen) atoms. The van der Waals surface area contributed by atoms with Gasteiger partial charge in [0.15, 0.2) is 0 Å². The van der Waals surface area contributed by atoms with Crippen LogP contribution in [0.1, 0.15) is 29.5 Å². The van der Waals surface area contributed by atoms with Crippen LogP contribution in [-0.2, 0) is 16.5 Å². The molecule has 0 aliphatic heterocycles. The zero-order chi connectivity index (χ0) is 19.4. The molecule has 3 N–H and O–H groups in total. The minimum absolute atomic E-state index is 0.214. The molecule has 0 fully saturated rings. The zero-order valence-electron chi connectivity index (χ0n) is 15.2. The van der Waals surface area contributed by atoms with Crippen molar-refractivity contribution in [1.29, 1.82) is 0 Å². The van der Waals surface area contributed by atoms with E-state index in [1.807, 2.05) is 61.5 Å². The second-order valence-electron chi connectivity index (χ2n) is 6.77. The topological polar surface area (TPSA) is 80.4 Å². The van der Waals surface area contributed by atoms with E-state index in [4.69, 9.17) is 10.3 Å². The maximum atomic E-state index is 11.1. The lowest BCUT2D eigenvalue weighted by Gasteiger charge is -2.14. The Balaban J connectivity index is 0.000000253. The smallest absolute Gasteiger partial charge is 0.265 e. The number of hydrogen-bond donors (Lipinski definition) is 2. The number of anilines is 1. The summed E-state index contributed by atoms with van der Waals surface area (Å²) in [7, 11) is -3.96. The molecule has 0 aromatic heterocycles. The Hall–Kier alpha value is -2.63. The molecular formula is C22H23NO3S. The van der Waals surface area contributed by atoms with Gasteiger partial charge in [0.05, 0.1) is 5.75 Å². The van der Waals surface area contributed by atoms with E-state index < -0.39 is 10.1 Å². The number of nitrogen functional groups attached to an aromatic ring is 1. The maximum Gasteiger partial charge on any atom is 0.265 e. The molecule has 0 radical (unpaired) electrons. The number of para-hydroxylation sites is 1. The zero-order valence-corrected chi connectivity index (χ0v) is 16.0. The van der Waals surface area contributed by atoms with E-state index in [1.165, 1.54) is 22.3 Å². The summed E-state index contributed by atoms with van der Waals surface area (Å²) in [5.41, 5.74) is 12.1. The quantitative estimate of drug-likeness (QED) is 0.404. The van der Waals surface area contributed by atoms with Crippen molar-refractivity contribution in [3.05, 3.63) is 89.5 Å². The third-order valence-electron chi connectivity index (χ3n) is 4.68. The largest absolute Gasteiger partial charge is 0.399 e. The molecule has 0 amide bonds. The molecule has 5 heteroatoms. The highest BCUT2D eigenvalue weighted by molar-refractivity contribution is 7.85. The predicted molar refractivity (Wildman–Crippen MR) is 110 cm³/mol. The second-order valence-corrected chi connectivity index (χ2v) is 8.26. The minimum atomic E-state index is -3.96. The van der Waals surface area contributed by atoms with Crippen LogP contribution < -0.4 is 5.73 Å². The van der Waals surface area contributed by atoms with E-state index in [0.29, 0.717) is 0 Å². The van der Waals surface area contributed by atoms with Gasteiger partial charge in [-0.1, -0.05) is 67.6 Å². The number of benzene rings is 3. The van der Waals surface area contributed by atoms with E-state index in [2.05, 4.69) is 18.2 Å². The van der Waals surface area contributed by atoms with Gasteiger partial charge in [0, 0.05) is 5.69 Å². The van der Waals surface area contributed by atoms with Gasteiger partial charge in [-0.05, 0) is 52.3 Å². The third kappa shape index (κ3) is 4.76. The Morgan fingerprint density at radius 1 is 0.926 bits per heavy atom. The van der Waals surface area contributed by atoms with Gasteiger partial charge in [-0.3, -0.25) is 4.55 Å². The molecule has 3 aromatic carbocycles. The first-order chi connectivity index (χ1) is 12.8. The fourth-order valence-electron chi connectivity index (χ4n) is 3.50. The highest BCUT2D eigenvalue weighted by Gasteiger charge is 2.24. The van der Waals surface area contributed by atoms with E-state index in [9.17, 15) is 8.42 Å². The lowest BCUT2D eigenvalue weighted by molar-refractivity contribution is 0.478. The lowest BCUT2D eigenvalue weighted by atomic mass is 9.93. The molecule has 1 atom stereocenters. The number of hydrogen-bond acceptors (Lipinski definition) is 3. The highest BCUT2D eigenvalue weighted by atomic mass is 32.2. The molecule has 0 spiro atoms. The molecule has 0 saturated heterocycles. The first-order valence-electron chi connectivity index (χ1n) is 8.81. The first-order valence-corrected chi connectivity index (χ1v) is 10.4. The van der Waals surface area contributed by atoms with Crippen LogP contribution >= 0.6 is 0 Å². The Kier molecular flexibility index (Phi) is 5.63. The van der Waals surface area contributed by atoms with Crippen LogP contribution in [0.5, 0.6) is 0 Å². The molecule has 0 heterocycles. The minimum Gasteiger partial charge on any atom is -0.399 e. The van der Waals surface area contributed by atoms with Crippen molar-refractivity contribution in [2.75, 3.05) is 11.5 Å². The number of rotatable bonds is 3. The van der Waals surface area contributed by atoms with E-state index in [0.717, 1.165) is 17.7 Å². The maximum absolute atomic E-state index is 11.1. The summed E-state index contributed by atoms with van der Waals surface area (Å²) in [6.07, 6.45) is 0.831. The summed E-state index contributed by atoms with van der Waals surface area (Å²) < 4.78 is 31.2. The molecule has 4 rings (SSSR count). The van der Waals surface area contributed by atoms with Gasteiger partial charge in [0.1, 0.15) is 0 Å². The van der Waals surface area contributed by atoms with Crippen molar-refractivity contribution in [2.45, 2.75) is 19.3 Å². The fraction of sp³-hybridized carbons (Fsp3) is 0.182. The van der Waals surface area contributed by atoms with E-state index in [1.54, 1.807) is 0 Å². The van der Waals surface area contributed by atoms with Crippen LogP contribution in [0.3, 0.4) is 0 Å². The monoisotopic (exact) mass is 381 g/mol. The summed E-state index contributed by atoms with van der Waals surface area (Å²) in [6.45, 7) is 1.84. The van der Waals surface area contributed by atoms with Crippen molar-refractivity contribution in [2.24, 2.45) is 0 Å². The summed E-state index contributed by atoms with van der Waals surface area (Å²) in [4.78, 5) is 0. The fourth-order valence-corrected chi connectivity index (χ4v) is 4.31. The molecule has 0 bridgehead atoms. The van der Waals surface area contributed by atoms with Gasteiger partial charge in [-0.15, -0.1) is 0 Å². The van der Waals surface area contributed by atoms with Crippen LogP contribution in [0.15, 0.2) is 72.8 Å². The van der Waals surface area contributed by atoms with Gasteiger partial charge < -0.3 is 5.73 Å². The van der Waals surface area contributed by atoms with Crippen LogP contribution in [0, 0.1) is 0 Å². The van der Waals surface area contributed by atoms with E-state index in [-0.39, 0.29) is 11.7 Å². The average Bonchev–Trinajstić information content (AvgIpc) is 3.00. The van der Waals surface area contributed by atoms with Crippen LogP contribution in [0.4, 0.5) is 5.69 Å². The highest BCUT2D eigenvalue weighted by Crippen LogP contribution is 2.40. The van der Waals surface area contributed by atoms with Gasteiger partial charge in [-0.25, -0.2) is 0 Å². The SMILES string of the molecule is CC(CS(=O)(=O)O)c1cccc2c1Cc1ccccc1-2.Nc1ccccc1. The van der Waals surface area contributed by atoms with Gasteiger partial charge >= 0.3 is 0 Å². The first kappa shape index (κ1) is 19.1. The molecule has 3 aromatic rings. The molecule has 1 aliphatic carbocycles. The Labute approximate surface area is 160 Å². The normalized spacial score (nSPS) is 13.1. The summed E-state index contributed by atoms with van der Waals surface area (Å²) in [6, 6.07) is 23.7. The standard InChI is InChI=1S/C16H16O3S.C6H7N/c1-11(10-20(17,18)19)13-7-4-8-15-14-6-3-2-5-12(14)9-16(13)15;7-6-4-2-1-3-5-6/h2-8,11H,9-10H2,1H3,(H,17,18,19);1-5H,7H2. The summed E-state index contributed by atoms with van der Waals surface area (Å²) >= 11 is 0. The molecule has 4 nitrogen and oxygen atoms in total. The number of fused-ring (bicyclic) bond motifs is 3. The van der Waals surface area contributed by atoms with E-state index >= 15 is 0 Å². The van der Waals surface area contributed by atoms with Crippen molar-refractivity contribution >= 4 is 15.8 Å². The van der Waals surface area contributed by atoms with Gasteiger partial charge in [0.2, 0.25) is 0 Å². The predicted octanol–water partition coefficient (Wildman–Crippen LogP) is 4.52. The molecule has 140 valence electrons. The molecular weight excluding hydrogens is 358 g/mol. The average molecular weight is 381 g/mol. The molecule has 1 aliphatic rings. The summed E-state index contributed by atoms with van der Waals surface area (Å²) in [5.74, 6) is -0.450. The third-order valence-corrected chi connectivity index (χ3v) is 5.60. The molecule has 0 saturated carbocycles. The van der Waals surface area contributed by atoms with Crippen LogP contribution in [-0.4, -0.2) is 18.7 Å². The van der Waals surface area contributed by atoms with Gasteiger partial charge in [-0.2, -0.15) is 8.42 Å². The Bertz CT molecular complexity index is 1030. The van der Waals surface area contributed by atoms with Crippen molar-refractivity contribution in [1.82, 2.24) is 0 Å².